The highest BCUT2D eigenvalue weighted by Gasteiger charge is 2.32. The summed E-state index contributed by atoms with van der Waals surface area (Å²) in [5.41, 5.74) is 6.29. The van der Waals surface area contributed by atoms with E-state index in [1.165, 1.54) is 12.1 Å². The van der Waals surface area contributed by atoms with Crippen molar-refractivity contribution in [3.63, 3.8) is 0 Å². The van der Waals surface area contributed by atoms with Crippen LogP contribution in [0.4, 0.5) is 0 Å². The number of rotatable bonds is 14. The summed E-state index contributed by atoms with van der Waals surface area (Å²) >= 11 is 0. The summed E-state index contributed by atoms with van der Waals surface area (Å²) in [7, 11) is 0. The highest BCUT2D eigenvalue weighted by molar-refractivity contribution is 5.98. The molecular weight excluding hydrogens is 538 g/mol. The third-order valence-corrected chi connectivity index (χ3v) is 6.58. The summed E-state index contributed by atoms with van der Waals surface area (Å²) in [4.78, 5) is 51.9. The van der Waals surface area contributed by atoms with Gasteiger partial charge in [0.1, 0.15) is 29.6 Å². The summed E-state index contributed by atoms with van der Waals surface area (Å²) < 4.78 is 0. The molecule has 11 nitrogen and oxygen atoms in total. The molecular formula is C31H45N5O6. The van der Waals surface area contributed by atoms with E-state index >= 15 is 0 Å². The molecule has 0 aliphatic heterocycles. The Hall–Kier alpha value is -4.12. The maximum Gasteiger partial charge on any atom is 0.255 e. The van der Waals surface area contributed by atoms with E-state index in [1.807, 2.05) is 58.0 Å². The van der Waals surface area contributed by atoms with Crippen LogP contribution in [0.5, 0.6) is 11.5 Å². The lowest BCUT2D eigenvalue weighted by molar-refractivity contribution is -0.134. The first kappa shape index (κ1) is 34.1. The molecule has 0 aliphatic rings. The molecule has 0 unspecified atom stereocenters. The van der Waals surface area contributed by atoms with Crippen LogP contribution in [0.15, 0.2) is 48.5 Å². The van der Waals surface area contributed by atoms with Crippen LogP contribution in [0.2, 0.25) is 0 Å². The Morgan fingerprint density at radius 3 is 2.12 bits per heavy atom. The van der Waals surface area contributed by atoms with Crippen LogP contribution in [0, 0.1) is 11.8 Å². The van der Waals surface area contributed by atoms with E-state index in [-0.39, 0.29) is 41.4 Å². The number of hydrogen-bond acceptors (Lipinski definition) is 7. The van der Waals surface area contributed by atoms with Gasteiger partial charge >= 0.3 is 0 Å². The fourth-order valence-electron chi connectivity index (χ4n) is 4.43. The molecule has 230 valence electrons. The third-order valence-electron chi connectivity index (χ3n) is 6.58. The Bertz CT molecular complexity index is 1230. The van der Waals surface area contributed by atoms with Crippen molar-refractivity contribution in [1.82, 2.24) is 21.3 Å². The van der Waals surface area contributed by atoms with Gasteiger partial charge in [-0.15, -0.1) is 0 Å². The van der Waals surface area contributed by atoms with Crippen molar-refractivity contribution >= 4 is 23.6 Å². The van der Waals surface area contributed by atoms with Gasteiger partial charge < -0.3 is 37.2 Å². The van der Waals surface area contributed by atoms with Crippen LogP contribution in [0.1, 0.15) is 63.9 Å². The number of phenolic OH excluding ortho intramolecular Hbond substituents is 2. The maximum atomic E-state index is 13.3. The van der Waals surface area contributed by atoms with Crippen LogP contribution in [0.25, 0.3) is 0 Å². The molecule has 0 aromatic heterocycles. The Morgan fingerprint density at radius 1 is 0.881 bits per heavy atom. The van der Waals surface area contributed by atoms with Crippen LogP contribution < -0.4 is 27.0 Å². The molecule has 0 aliphatic carbocycles. The fraction of sp³-hybridized carbons (Fsp3) is 0.484. The van der Waals surface area contributed by atoms with E-state index in [9.17, 15) is 29.4 Å². The predicted octanol–water partition coefficient (Wildman–Crippen LogP) is 1.96. The second-order valence-corrected chi connectivity index (χ2v) is 12.0. The van der Waals surface area contributed by atoms with Crippen molar-refractivity contribution in [2.45, 2.75) is 78.0 Å². The van der Waals surface area contributed by atoms with Gasteiger partial charge in [-0.3, -0.25) is 19.2 Å². The van der Waals surface area contributed by atoms with Crippen molar-refractivity contribution < 1.29 is 29.4 Å². The Balaban J connectivity index is 2.04. The molecule has 2 aromatic rings. The summed E-state index contributed by atoms with van der Waals surface area (Å²) in [6, 6.07) is 10.2. The second-order valence-electron chi connectivity index (χ2n) is 12.0. The van der Waals surface area contributed by atoms with Crippen molar-refractivity contribution in [3.05, 3.63) is 59.7 Å². The minimum Gasteiger partial charge on any atom is -0.508 e. The van der Waals surface area contributed by atoms with Gasteiger partial charge in [0.15, 0.2) is 0 Å². The number of carbonyl (C=O) groups excluding carboxylic acids is 4. The van der Waals surface area contributed by atoms with Crippen LogP contribution in [-0.4, -0.2) is 64.1 Å². The summed E-state index contributed by atoms with van der Waals surface area (Å²) in [6.07, 6.45) is 0.997. The minimum absolute atomic E-state index is 0.105. The lowest BCUT2D eigenvalue weighted by Crippen LogP contribution is -2.60. The molecule has 0 saturated carbocycles. The summed E-state index contributed by atoms with van der Waals surface area (Å²) in [6.45, 7) is 11.0. The van der Waals surface area contributed by atoms with Gasteiger partial charge in [-0.25, -0.2) is 0 Å². The van der Waals surface area contributed by atoms with E-state index in [0.29, 0.717) is 12.8 Å². The predicted molar refractivity (Wildman–Crippen MR) is 161 cm³/mol. The van der Waals surface area contributed by atoms with Crippen molar-refractivity contribution in [2.24, 2.45) is 17.6 Å². The second kappa shape index (κ2) is 15.2. The maximum absolute atomic E-state index is 13.3. The van der Waals surface area contributed by atoms with E-state index in [4.69, 9.17) is 5.73 Å². The van der Waals surface area contributed by atoms with Gasteiger partial charge in [-0.05, 0) is 62.3 Å². The summed E-state index contributed by atoms with van der Waals surface area (Å²) in [5, 5.41) is 30.4. The number of nitrogens with one attached hydrogen (secondary N) is 4. The summed E-state index contributed by atoms with van der Waals surface area (Å²) in [5.74, 6) is -3.05. The first-order valence-electron chi connectivity index (χ1n) is 14.1. The average Bonchev–Trinajstić information content (AvgIpc) is 2.90. The van der Waals surface area contributed by atoms with Gasteiger partial charge in [0.2, 0.25) is 17.7 Å². The van der Waals surface area contributed by atoms with Gasteiger partial charge in [-0.1, -0.05) is 58.0 Å². The zero-order valence-electron chi connectivity index (χ0n) is 25.2. The minimum atomic E-state index is -1.21. The first-order valence-corrected chi connectivity index (χ1v) is 14.1. The quantitative estimate of drug-likeness (QED) is 0.166. The SMILES string of the molecule is CC(C)C[C@H](NC(=O)[C@@H](NC(=O)[C@@H](N)CNC(=O)c1cc(O)ccc1O)C(C)C)C(=O)NC(C)(C)Cc1ccccc1. The fourth-order valence-corrected chi connectivity index (χ4v) is 4.43. The van der Waals surface area contributed by atoms with Crippen LogP contribution in [0.3, 0.4) is 0 Å². The number of aromatic hydroxyl groups is 2. The van der Waals surface area contributed by atoms with Crippen molar-refractivity contribution in [3.8, 4) is 11.5 Å². The zero-order valence-corrected chi connectivity index (χ0v) is 25.2. The number of amides is 4. The van der Waals surface area contributed by atoms with Gasteiger partial charge in [-0.2, -0.15) is 0 Å². The standard InChI is InChI=1S/C31H45N5O6/c1-18(2)14-24(29(41)36-31(5,6)16-20-10-8-7-9-11-20)34-30(42)26(19(3)4)35-28(40)23(32)17-33-27(39)22-15-21(37)12-13-25(22)38/h7-13,15,18-19,23-24,26,37-38H,14,16-17,32H2,1-6H3,(H,33,39)(H,34,42)(H,35,40)(H,36,41)/t23-,24-,26-/m0/s1. The van der Waals surface area contributed by atoms with Gasteiger partial charge in [0.25, 0.3) is 5.91 Å². The normalized spacial score (nSPS) is 13.6. The highest BCUT2D eigenvalue weighted by atomic mass is 16.3. The highest BCUT2D eigenvalue weighted by Crippen LogP contribution is 2.21. The molecule has 11 heteroatoms. The molecule has 0 bridgehead atoms. The topological polar surface area (TPSA) is 183 Å². The number of nitrogens with two attached hydrogens (primary N) is 1. The monoisotopic (exact) mass is 583 g/mol. The molecule has 4 amide bonds. The molecule has 0 heterocycles. The van der Waals surface area contributed by atoms with E-state index in [0.717, 1.165) is 11.6 Å². The average molecular weight is 584 g/mol. The van der Waals surface area contributed by atoms with Gasteiger partial charge in [0.05, 0.1) is 5.56 Å². The Morgan fingerprint density at radius 2 is 1.52 bits per heavy atom. The largest absolute Gasteiger partial charge is 0.508 e. The smallest absolute Gasteiger partial charge is 0.255 e. The van der Waals surface area contributed by atoms with Crippen molar-refractivity contribution in [2.75, 3.05) is 6.54 Å². The molecule has 42 heavy (non-hydrogen) atoms. The molecule has 8 N–H and O–H groups in total. The lowest BCUT2D eigenvalue weighted by atomic mass is 9.93. The van der Waals surface area contributed by atoms with E-state index in [2.05, 4.69) is 21.3 Å². The van der Waals surface area contributed by atoms with Gasteiger partial charge in [0, 0.05) is 12.1 Å². The first-order chi connectivity index (χ1) is 19.6. The molecule has 3 atom stereocenters. The molecule has 0 fully saturated rings. The van der Waals surface area contributed by atoms with E-state index in [1.54, 1.807) is 13.8 Å². The molecule has 0 spiro atoms. The Kier molecular flexibility index (Phi) is 12.3. The number of hydrogen-bond donors (Lipinski definition) is 7. The number of benzene rings is 2. The van der Waals surface area contributed by atoms with E-state index < -0.39 is 41.4 Å². The third kappa shape index (κ3) is 10.7. The molecule has 0 radical (unpaired) electrons. The lowest BCUT2D eigenvalue weighted by Gasteiger charge is -2.31. The van der Waals surface area contributed by atoms with Crippen LogP contribution in [-0.2, 0) is 20.8 Å². The number of carbonyl (C=O) groups is 4. The molecule has 2 rings (SSSR count). The molecule has 2 aromatic carbocycles. The molecule has 0 saturated heterocycles. The van der Waals surface area contributed by atoms with Crippen molar-refractivity contribution in [1.29, 1.82) is 0 Å². The van der Waals surface area contributed by atoms with Crippen LogP contribution >= 0.6 is 0 Å². The Labute approximate surface area is 247 Å². The zero-order chi connectivity index (χ0) is 31.6. The number of phenols is 2.